The minimum Gasteiger partial charge on any atom is -0.389 e. The van der Waals surface area contributed by atoms with E-state index < -0.39 is 0 Å². The van der Waals surface area contributed by atoms with E-state index in [0.29, 0.717) is 5.92 Å². The predicted octanol–water partition coefficient (Wildman–Crippen LogP) is 3.70. The van der Waals surface area contributed by atoms with Crippen molar-refractivity contribution in [3.8, 4) is 0 Å². The highest BCUT2D eigenvalue weighted by atomic mass is 16.3. The van der Waals surface area contributed by atoms with Crippen molar-refractivity contribution in [1.82, 2.24) is 0 Å². The Hall–Kier alpha value is -0.560. The summed E-state index contributed by atoms with van der Waals surface area (Å²) in [6, 6.07) is 0. The van der Waals surface area contributed by atoms with Gasteiger partial charge in [-0.1, -0.05) is 30.7 Å². The molecule has 0 aromatic carbocycles. The molecule has 1 nitrogen and oxygen atoms in total. The Labute approximate surface area is 88.5 Å². The zero-order valence-electron chi connectivity index (χ0n) is 9.96. The molecule has 0 fully saturated rings. The molecule has 0 aromatic rings. The van der Waals surface area contributed by atoms with E-state index in [1.54, 1.807) is 6.92 Å². The molecular formula is C13H24O. The highest BCUT2D eigenvalue weighted by Gasteiger charge is 1.97. The molecule has 0 bridgehead atoms. The maximum atomic E-state index is 9.02. The van der Waals surface area contributed by atoms with E-state index in [1.807, 2.05) is 6.08 Å². The van der Waals surface area contributed by atoms with Crippen molar-refractivity contribution in [1.29, 1.82) is 0 Å². The van der Waals surface area contributed by atoms with Crippen LogP contribution in [0, 0.1) is 5.92 Å². The molecule has 14 heavy (non-hydrogen) atoms. The molecule has 0 saturated heterocycles. The highest BCUT2D eigenvalue weighted by molar-refractivity contribution is 4.93. The van der Waals surface area contributed by atoms with Gasteiger partial charge in [-0.25, -0.2) is 0 Å². The summed E-state index contributed by atoms with van der Waals surface area (Å²) in [7, 11) is 0. The third-order valence-electron chi connectivity index (χ3n) is 2.17. The molecule has 0 aromatic heterocycles. The lowest BCUT2D eigenvalue weighted by Crippen LogP contribution is -1.95. The largest absolute Gasteiger partial charge is 0.389 e. The first-order valence-corrected chi connectivity index (χ1v) is 5.50. The fraction of sp³-hybridized carbons (Fsp3) is 0.692. The third-order valence-corrected chi connectivity index (χ3v) is 2.17. The lowest BCUT2D eigenvalue weighted by molar-refractivity contribution is 0.243. The van der Waals surface area contributed by atoms with Crippen molar-refractivity contribution in [2.45, 2.75) is 53.1 Å². The van der Waals surface area contributed by atoms with Crippen LogP contribution >= 0.6 is 0 Å². The molecule has 1 N–H and O–H groups in total. The van der Waals surface area contributed by atoms with Crippen LogP contribution in [0.4, 0.5) is 0 Å². The molecular weight excluding hydrogens is 172 g/mol. The van der Waals surface area contributed by atoms with Crippen LogP contribution < -0.4 is 0 Å². The summed E-state index contributed by atoms with van der Waals surface area (Å²) < 4.78 is 0. The zero-order valence-corrected chi connectivity index (χ0v) is 9.96. The molecule has 1 unspecified atom stereocenters. The molecule has 0 aliphatic heterocycles. The summed E-state index contributed by atoms with van der Waals surface area (Å²) in [6.07, 6.45) is 9.40. The van der Waals surface area contributed by atoms with Crippen molar-refractivity contribution < 1.29 is 5.11 Å². The first kappa shape index (κ1) is 13.4. The molecule has 0 saturated carbocycles. The Morgan fingerprint density at radius 3 is 2.43 bits per heavy atom. The average Bonchev–Trinajstić information content (AvgIpc) is 2.02. The normalized spacial score (nSPS) is 15.5. The molecule has 2 atom stereocenters. The first-order chi connectivity index (χ1) is 6.52. The maximum Gasteiger partial charge on any atom is 0.0692 e. The van der Waals surface area contributed by atoms with Crippen LogP contribution in [0.5, 0.6) is 0 Å². The van der Waals surface area contributed by atoms with Crippen LogP contribution in [0.2, 0.25) is 0 Å². The maximum absolute atomic E-state index is 9.02. The summed E-state index contributed by atoms with van der Waals surface area (Å²) in [4.78, 5) is 0. The predicted molar refractivity (Wildman–Crippen MR) is 63.3 cm³/mol. The Kier molecular flexibility index (Phi) is 7.50. The summed E-state index contributed by atoms with van der Waals surface area (Å²) >= 11 is 0. The van der Waals surface area contributed by atoms with Crippen molar-refractivity contribution in [3.63, 3.8) is 0 Å². The summed E-state index contributed by atoms with van der Waals surface area (Å²) in [5, 5.41) is 9.02. The average molecular weight is 196 g/mol. The van der Waals surface area contributed by atoms with Crippen LogP contribution in [0.25, 0.3) is 0 Å². The molecule has 0 heterocycles. The Bertz CT molecular complexity index is 185. The second-order valence-corrected chi connectivity index (χ2v) is 4.37. The van der Waals surface area contributed by atoms with E-state index in [9.17, 15) is 0 Å². The van der Waals surface area contributed by atoms with Gasteiger partial charge in [0.05, 0.1) is 6.10 Å². The number of aliphatic hydroxyl groups excluding tert-OH is 1. The monoisotopic (exact) mass is 196 g/mol. The second-order valence-electron chi connectivity index (χ2n) is 4.37. The lowest BCUT2D eigenvalue weighted by Gasteiger charge is -2.06. The molecule has 1 heteroatoms. The topological polar surface area (TPSA) is 20.2 Å². The van der Waals surface area contributed by atoms with E-state index in [2.05, 4.69) is 32.9 Å². The fourth-order valence-electron chi connectivity index (χ4n) is 1.28. The van der Waals surface area contributed by atoms with E-state index in [4.69, 9.17) is 5.11 Å². The summed E-state index contributed by atoms with van der Waals surface area (Å²) in [6.45, 7) is 8.31. The van der Waals surface area contributed by atoms with Gasteiger partial charge in [0, 0.05) is 0 Å². The van der Waals surface area contributed by atoms with Crippen molar-refractivity contribution in [2.75, 3.05) is 0 Å². The van der Waals surface area contributed by atoms with Crippen LogP contribution in [0.1, 0.15) is 47.0 Å². The number of hydrogen-bond acceptors (Lipinski definition) is 1. The number of hydrogen-bond donors (Lipinski definition) is 1. The van der Waals surface area contributed by atoms with Gasteiger partial charge in [0.25, 0.3) is 0 Å². The molecule has 0 aliphatic rings. The Balaban J connectivity index is 3.56. The van der Waals surface area contributed by atoms with Crippen LogP contribution in [-0.4, -0.2) is 11.2 Å². The lowest BCUT2D eigenvalue weighted by atomic mass is 10.0. The molecule has 0 radical (unpaired) electrons. The standard InChI is InChI=1S/C13H24O/c1-11(2)7-5-8-12(3)9-6-10-13(4)14/h6-7,10,12-14H,5,8-9H2,1-4H3/b10-6+/t12-,13?/m1/s1. The summed E-state index contributed by atoms with van der Waals surface area (Å²) in [5.74, 6) is 0.709. The smallest absolute Gasteiger partial charge is 0.0692 e. The summed E-state index contributed by atoms with van der Waals surface area (Å²) in [5.41, 5.74) is 1.40. The molecule has 0 amide bonds. The first-order valence-electron chi connectivity index (χ1n) is 5.50. The van der Waals surface area contributed by atoms with Gasteiger partial charge in [0.15, 0.2) is 0 Å². The van der Waals surface area contributed by atoms with Gasteiger partial charge < -0.3 is 5.11 Å². The van der Waals surface area contributed by atoms with Crippen molar-refractivity contribution >= 4 is 0 Å². The molecule has 0 rings (SSSR count). The Morgan fingerprint density at radius 2 is 1.93 bits per heavy atom. The van der Waals surface area contributed by atoms with Gasteiger partial charge in [0.1, 0.15) is 0 Å². The third kappa shape index (κ3) is 9.53. The van der Waals surface area contributed by atoms with Gasteiger partial charge in [-0.2, -0.15) is 0 Å². The van der Waals surface area contributed by atoms with E-state index in [1.165, 1.54) is 18.4 Å². The molecule has 0 spiro atoms. The molecule has 82 valence electrons. The minimum atomic E-state index is -0.306. The number of aliphatic hydroxyl groups is 1. The van der Waals surface area contributed by atoms with Crippen LogP contribution in [0.15, 0.2) is 23.8 Å². The van der Waals surface area contributed by atoms with Gasteiger partial charge in [-0.05, 0) is 46.0 Å². The van der Waals surface area contributed by atoms with Gasteiger partial charge in [0.2, 0.25) is 0 Å². The fourth-order valence-corrected chi connectivity index (χ4v) is 1.28. The quantitative estimate of drug-likeness (QED) is 0.642. The Morgan fingerprint density at radius 1 is 1.29 bits per heavy atom. The van der Waals surface area contributed by atoms with Gasteiger partial charge in [-0.15, -0.1) is 0 Å². The highest BCUT2D eigenvalue weighted by Crippen LogP contribution is 2.12. The van der Waals surface area contributed by atoms with E-state index in [-0.39, 0.29) is 6.10 Å². The van der Waals surface area contributed by atoms with E-state index in [0.717, 1.165) is 6.42 Å². The van der Waals surface area contributed by atoms with Crippen molar-refractivity contribution in [3.05, 3.63) is 23.8 Å². The second kappa shape index (κ2) is 7.81. The minimum absolute atomic E-state index is 0.306. The zero-order chi connectivity index (χ0) is 11.0. The number of rotatable bonds is 6. The van der Waals surface area contributed by atoms with Gasteiger partial charge >= 0.3 is 0 Å². The SMILES string of the molecule is CC(C)=CCC[C@@H](C)C/C=C/C(C)O. The van der Waals surface area contributed by atoms with Crippen LogP contribution in [-0.2, 0) is 0 Å². The van der Waals surface area contributed by atoms with E-state index >= 15 is 0 Å². The molecule has 0 aliphatic carbocycles. The van der Waals surface area contributed by atoms with Crippen molar-refractivity contribution in [2.24, 2.45) is 5.92 Å². The van der Waals surface area contributed by atoms with Gasteiger partial charge in [-0.3, -0.25) is 0 Å². The number of allylic oxidation sites excluding steroid dienone is 3. The van der Waals surface area contributed by atoms with Crippen LogP contribution in [0.3, 0.4) is 0 Å².